The highest BCUT2D eigenvalue weighted by Gasteiger charge is 2.07. The Hall–Kier alpha value is -2.57. The van der Waals surface area contributed by atoms with E-state index in [9.17, 15) is 20.0 Å². The van der Waals surface area contributed by atoms with Crippen LogP contribution in [0.3, 0.4) is 0 Å². The summed E-state index contributed by atoms with van der Waals surface area (Å²) in [4.78, 5) is 21.0. The molecule has 0 spiro atoms. The van der Waals surface area contributed by atoms with Crippen molar-refractivity contribution in [1.29, 1.82) is 0 Å². The summed E-state index contributed by atoms with van der Waals surface area (Å²) in [5.41, 5.74) is 0.142. The van der Waals surface area contributed by atoms with Gasteiger partial charge >= 0.3 is 0 Å². The monoisotopic (exact) mass is 249 g/mol. The third-order valence-corrected chi connectivity index (χ3v) is 2.00. The molecule has 0 aromatic heterocycles. The van der Waals surface area contributed by atoms with E-state index in [4.69, 9.17) is 0 Å². The number of rotatable bonds is 4. The van der Waals surface area contributed by atoms with Crippen molar-refractivity contribution in [2.75, 3.05) is 0 Å². The number of hydrogen-bond acceptors (Lipinski definition) is 6. The number of benzene rings is 1. The van der Waals surface area contributed by atoms with E-state index in [-0.39, 0.29) is 17.1 Å². The van der Waals surface area contributed by atoms with Gasteiger partial charge in [0.2, 0.25) is 0 Å². The quantitative estimate of drug-likeness (QED) is 0.291. The summed E-state index contributed by atoms with van der Waals surface area (Å²) in [6.07, 6.45) is 0. The van der Waals surface area contributed by atoms with Crippen molar-refractivity contribution in [3.05, 3.63) is 45.8 Å². The highest BCUT2D eigenvalue weighted by molar-refractivity contribution is 5.93. The van der Waals surface area contributed by atoms with Crippen molar-refractivity contribution < 1.29 is 14.8 Å². The number of aliphatic hydroxyl groups is 1. The van der Waals surface area contributed by atoms with Crippen LogP contribution in [0.1, 0.15) is 13.8 Å². The van der Waals surface area contributed by atoms with Crippen molar-refractivity contribution in [3.8, 4) is 0 Å². The van der Waals surface area contributed by atoms with Gasteiger partial charge in [0.1, 0.15) is 5.76 Å². The molecule has 1 N–H and O–H groups in total. The first-order valence-corrected chi connectivity index (χ1v) is 4.99. The Morgan fingerprint density at radius 3 is 2.22 bits per heavy atom. The summed E-state index contributed by atoms with van der Waals surface area (Å²) in [6, 6.07) is 5.34. The molecule has 0 radical (unpaired) electrons. The first kappa shape index (κ1) is 13.5. The van der Waals surface area contributed by atoms with E-state index < -0.39 is 10.7 Å². The van der Waals surface area contributed by atoms with Gasteiger partial charge in [0.15, 0.2) is 11.5 Å². The van der Waals surface area contributed by atoms with Crippen molar-refractivity contribution in [1.82, 2.24) is 0 Å². The zero-order valence-electron chi connectivity index (χ0n) is 9.82. The Balaban J connectivity index is 2.94. The van der Waals surface area contributed by atoms with Crippen LogP contribution in [-0.2, 0) is 4.79 Å². The van der Waals surface area contributed by atoms with E-state index in [0.717, 1.165) is 0 Å². The van der Waals surface area contributed by atoms with E-state index in [1.807, 2.05) is 0 Å². The first-order chi connectivity index (χ1) is 8.41. The van der Waals surface area contributed by atoms with Gasteiger partial charge in [-0.15, -0.1) is 5.11 Å². The Labute approximate surface area is 103 Å². The molecule has 0 bridgehead atoms. The predicted molar refractivity (Wildman–Crippen MR) is 63.6 cm³/mol. The lowest BCUT2D eigenvalue weighted by atomic mass is 10.3. The third-order valence-electron chi connectivity index (χ3n) is 2.00. The lowest BCUT2D eigenvalue weighted by molar-refractivity contribution is -0.384. The Morgan fingerprint density at radius 2 is 1.83 bits per heavy atom. The third kappa shape index (κ3) is 3.48. The molecule has 0 aliphatic carbocycles. The molecule has 0 fully saturated rings. The number of non-ortho nitro benzene ring substituents is 1. The summed E-state index contributed by atoms with van der Waals surface area (Å²) in [7, 11) is 0. The summed E-state index contributed by atoms with van der Waals surface area (Å²) in [5, 5.41) is 26.9. The molecular formula is C11H11N3O4. The van der Waals surface area contributed by atoms with Gasteiger partial charge in [-0.1, -0.05) is 0 Å². The standard InChI is InChI=1S/C11H11N3O4/c1-7(15)11(8(2)16)13-12-9-3-5-10(6-4-9)14(17)18/h3-6,15H,1-2H3/b11-7+,13-12?. The molecule has 7 nitrogen and oxygen atoms in total. The SMILES string of the molecule is CC(=O)/C(N=Nc1ccc([N+](=O)[O-])cc1)=C(/C)O. The maximum atomic E-state index is 11.1. The van der Waals surface area contributed by atoms with Crippen LogP contribution in [-0.4, -0.2) is 15.8 Å². The number of nitro groups is 1. The van der Waals surface area contributed by atoms with Gasteiger partial charge in [0, 0.05) is 19.1 Å². The second-order valence-corrected chi connectivity index (χ2v) is 3.46. The van der Waals surface area contributed by atoms with E-state index in [2.05, 4.69) is 10.2 Å². The lowest BCUT2D eigenvalue weighted by Gasteiger charge is -1.96. The van der Waals surface area contributed by atoms with E-state index >= 15 is 0 Å². The fourth-order valence-corrected chi connectivity index (χ4v) is 1.15. The number of azo groups is 1. The maximum Gasteiger partial charge on any atom is 0.269 e. The van der Waals surface area contributed by atoms with Crippen LogP contribution in [0.15, 0.2) is 46.0 Å². The molecule has 0 amide bonds. The molecule has 0 heterocycles. The fourth-order valence-electron chi connectivity index (χ4n) is 1.15. The Kier molecular flexibility index (Phi) is 4.25. The van der Waals surface area contributed by atoms with E-state index in [0.29, 0.717) is 5.69 Å². The van der Waals surface area contributed by atoms with Crippen LogP contribution >= 0.6 is 0 Å². The Bertz CT molecular complexity index is 528. The molecule has 0 atom stereocenters. The molecule has 7 heteroatoms. The van der Waals surface area contributed by atoms with E-state index in [1.165, 1.54) is 38.1 Å². The van der Waals surface area contributed by atoms with Crippen molar-refractivity contribution in [2.45, 2.75) is 13.8 Å². The summed E-state index contributed by atoms with van der Waals surface area (Å²) in [6.45, 7) is 2.58. The number of hydrogen-bond donors (Lipinski definition) is 1. The van der Waals surface area contributed by atoms with Gasteiger partial charge in [-0.05, 0) is 19.1 Å². The largest absolute Gasteiger partial charge is 0.510 e. The average molecular weight is 249 g/mol. The molecule has 18 heavy (non-hydrogen) atoms. The maximum absolute atomic E-state index is 11.1. The summed E-state index contributed by atoms with van der Waals surface area (Å²) in [5.74, 6) is -0.645. The highest BCUT2D eigenvalue weighted by atomic mass is 16.6. The van der Waals surface area contributed by atoms with Crippen LogP contribution in [0.25, 0.3) is 0 Å². The molecule has 0 saturated carbocycles. The first-order valence-electron chi connectivity index (χ1n) is 4.99. The topological polar surface area (TPSA) is 105 Å². The summed E-state index contributed by atoms with van der Waals surface area (Å²) >= 11 is 0. The van der Waals surface area contributed by atoms with Gasteiger partial charge in [-0.2, -0.15) is 5.11 Å². The highest BCUT2D eigenvalue weighted by Crippen LogP contribution is 2.19. The molecule has 94 valence electrons. The molecule has 1 aromatic rings. The second kappa shape index (κ2) is 5.67. The zero-order valence-corrected chi connectivity index (χ0v) is 9.82. The average Bonchev–Trinajstić information content (AvgIpc) is 2.28. The van der Waals surface area contributed by atoms with Gasteiger partial charge in [-0.3, -0.25) is 14.9 Å². The molecular weight excluding hydrogens is 238 g/mol. The number of aliphatic hydroxyl groups excluding tert-OH is 1. The number of carbonyl (C=O) groups is 1. The Morgan fingerprint density at radius 1 is 1.28 bits per heavy atom. The number of allylic oxidation sites excluding steroid dienone is 2. The summed E-state index contributed by atoms with van der Waals surface area (Å²) < 4.78 is 0. The fraction of sp³-hybridized carbons (Fsp3) is 0.182. The number of carbonyl (C=O) groups excluding carboxylic acids is 1. The minimum Gasteiger partial charge on any atom is -0.510 e. The van der Waals surface area contributed by atoms with Crippen LogP contribution in [0.4, 0.5) is 11.4 Å². The van der Waals surface area contributed by atoms with Crippen LogP contribution in [0.2, 0.25) is 0 Å². The normalized spacial score (nSPS) is 12.3. The second-order valence-electron chi connectivity index (χ2n) is 3.46. The molecule has 0 aliphatic heterocycles. The van der Waals surface area contributed by atoms with Gasteiger partial charge in [0.05, 0.1) is 10.6 Å². The van der Waals surface area contributed by atoms with E-state index in [1.54, 1.807) is 0 Å². The minimum absolute atomic E-state index is 0.0605. The number of Topliss-reactive ketones (excluding diaryl/α,β-unsaturated/α-hetero) is 1. The predicted octanol–water partition coefficient (Wildman–Crippen LogP) is 3.06. The van der Waals surface area contributed by atoms with Gasteiger partial charge < -0.3 is 5.11 Å². The smallest absolute Gasteiger partial charge is 0.269 e. The number of nitrogens with zero attached hydrogens (tertiary/aromatic N) is 3. The van der Waals surface area contributed by atoms with Crippen LogP contribution < -0.4 is 0 Å². The van der Waals surface area contributed by atoms with Gasteiger partial charge in [-0.25, -0.2) is 0 Å². The molecule has 1 aromatic carbocycles. The minimum atomic E-state index is -0.528. The van der Waals surface area contributed by atoms with Crippen LogP contribution in [0.5, 0.6) is 0 Å². The van der Waals surface area contributed by atoms with Crippen molar-refractivity contribution >= 4 is 17.2 Å². The molecule has 0 saturated heterocycles. The molecule has 0 aliphatic rings. The number of nitro benzene ring substituents is 1. The van der Waals surface area contributed by atoms with Crippen LogP contribution in [0, 0.1) is 10.1 Å². The zero-order chi connectivity index (χ0) is 13.7. The number of ketones is 1. The van der Waals surface area contributed by atoms with Crippen molar-refractivity contribution in [2.24, 2.45) is 10.2 Å². The lowest BCUT2D eigenvalue weighted by Crippen LogP contribution is -1.96. The van der Waals surface area contributed by atoms with Gasteiger partial charge in [0.25, 0.3) is 5.69 Å². The molecule has 0 unspecified atom stereocenters. The van der Waals surface area contributed by atoms with Crippen molar-refractivity contribution in [3.63, 3.8) is 0 Å². The molecule has 1 rings (SSSR count).